The van der Waals surface area contributed by atoms with Crippen LogP contribution >= 0.6 is 11.6 Å². The minimum atomic E-state index is -0.944. The number of aliphatic hydroxyl groups is 1. The van der Waals surface area contributed by atoms with E-state index >= 15 is 0 Å². The zero-order valence-corrected chi connectivity index (χ0v) is 20.6. The van der Waals surface area contributed by atoms with E-state index in [2.05, 4.69) is 11.9 Å². The van der Waals surface area contributed by atoms with Crippen molar-refractivity contribution in [3.63, 3.8) is 0 Å². The number of imidazole rings is 1. The first-order valence-electron chi connectivity index (χ1n) is 9.31. The van der Waals surface area contributed by atoms with Crippen LogP contribution in [0.5, 0.6) is 0 Å². The van der Waals surface area contributed by atoms with Crippen LogP contribution in [0.4, 0.5) is 0 Å². The van der Waals surface area contributed by atoms with Crippen LogP contribution in [0.15, 0.2) is 48.5 Å². The molecule has 2 N–H and O–H groups in total. The Bertz CT molecular complexity index is 977. The summed E-state index contributed by atoms with van der Waals surface area (Å²) < 4.78 is 1.97. The summed E-state index contributed by atoms with van der Waals surface area (Å²) in [5.74, 6) is -0.0721. The second kappa shape index (κ2) is 11.4. The van der Waals surface area contributed by atoms with E-state index in [-0.39, 0.29) is 65.0 Å². The first-order chi connectivity index (χ1) is 13.5. The Morgan fingerprint density at radius 3 is 2.48 bits per heavy atom. The number of halogens is 1. The Morgan fingerprint density at radius 1 is 1.17 bits per heavy atom. The Hall–Kier alpha value is -0.994. The molecule has 0 spiro atoms. The molecule has 1 aromatic heterocycles. The molecule has 148 valence electrons. The summed E-state index contributed by atoms with van der Waals surface area (Å²) in [5.41, 5.74) is 3.46. The fraction of sp³-hybridized carbons (Fsp3) is 0.273. The molecule has 0 saturated heterocycles. The van der Waals surface area contributed by atoms with Crippen molar-refractivity contribution in [2.75, 3.05) is 0 Å². The standard InChI is InChI=1S/C22H23ClN2O3.K.H/c1-2-3-8-20-24-21(23)19(14-26)25(20)13-15-9-11-16(12-10-15)17-6-4-5-7-18(17)22(27)28;;/h4-7,9-12,26H,2-3,8,13-14H2,1H3,(H,27,28);;/q;+1;-1. The molecule has 0 atom stereocenters. The monoisotopic (exact) mass is 438 g/mol. The minimum absolute atomic E-state index is 0. The third-order valence-corrected chi connectivity index (χ3v) is 5.07. The molecule has 0 amide bonds. The molecular formula is C22H24ClKN2O3. The molecular weight excluding hydrogens is 415 g/mol. The molecule has 0 radical (unpaired) electrons. The van der Waals surface area contributed by atoms with Crippen molar-refractivity contribution in [1.82, 2.24) is 9.55 Å². The van der Waals surface area contributed by atoms with Crippen molar-refractivity contribution in [2.24, 2.45) is 0 Å². The van der Waals surface area contributed by atoms with E-state index in [0.717, 1.165) is 36.2 Å². The summed E-state index contributed by atoms with van der Waals surface area (Å²) >= 11 is 6.20. The third-order valence-electron chi connectivity index (χ3n) is 4.77. The van der Waals surface area contributed by atoms with Gasteiger partial charge in [0, 0.05) is 13.0 Å². The molecule has 5 nitrogen and oxygen atoms in total. The maximum atomic E-state index is 11.5. The zero-order chi connectivity index (χ0) is 20.1. The van der Waals surface area contributed by atoms with Crippen LogP contribution in [0.2, 0.25) is 5.15 Å². The first-order valence-corrected chi connectivity index (χ1v) is 9.69. The molecule has 0 bridgehead atoms. The van der Waals surface area contributed by atoms with E-state index in [1.54, 1.807) is 18.2 Å². The average molecular weight is 439 g/mol. The number of carboxylic acids is 1. The van der Waals surface area contributed by atoms with Crippen molar-refractivity contribution in [1.29, 1.82) is 0 Å². The van der Waals surface area contributed by atoms with Crippen molar-refractivity contribution >= 4 is 17.6 Å². The molecule has 0 aliphatic rings. The molecule has 29 heavy (non-hydrogen) atoms. The molecule has 2 aromatic carbocycles. The van der Waals surface area contributed by atoms with Gasteiger partial charge in [0.1, 0.15) is 5.82 Å². The Kier molecular flexibility index (Phi) is 9.55. The topological polar surface area (TPSA) is 75.4 Å². The quantitative estimate of drug-likeness (QED) is 0.527. The minimum Gasteiger partial charge on any atom is -1.00 e. The van der Waals surface area contributed by atoms with E-state index in [0.29, 0.717) is 23.0 Å². The number of aromatic nitrogens is 2. The van der Waals surface area contributed by atoms with Gasteiger partial charge < -0.3 is 16.2 Å². The van der Waals surface area contributed by atoms with E-state index in [9.17, 15) is 15.0 Å². The number of hydrogen-bond acceptors (Lipinski definition) is 3. The predicted octanol–water partition coefficient (Wildman–Crippen LogP) is 1.90. The van der Waals surface area contributed by atoms with Crippen LogP contribution in [0, 0.1) is 0 Å². The van der Waals surface area contributed by atoms with Crippen molar-refractivity contribution in [3.8, 4) is 11.1 Å². The molecule has 0 fully saturated rings. The van der Waals surface area contributed by atoms with Gasteiger partial charge in [0.15, 0.2) is 5.15 Å². The summed E-state index contributed by atoms with van der Waals surface area (Å²) in [6, 6.07) is 14.7. The number of carboxylic acid groups (broad SMARTS) is 1. The van der Waals surface area contributed by atoms with Crippen LogP contribution in [0.1, 0.15) is 48.6 Å². The predicted molar refractivity (Wildman–Crippen MR) is 111 cm³/mol. The normalized spacial score (nSPS) is 10.6. The molecule has 3 rings (SSSR count). The summed E-state index contributed by atoms with van der Waals surface area (Å²) in [6.45, 7) is 2.51. The number of aromatic carboxylic acids is 1. The van der Waals surface area contributed by atoms with Gasteiger partial charge in [-0.1, -0.05) is 67.4 Å². The molecule has 1 heterocycles. The number of benzene rings is 2. The summed E-state index contributed by atoms with van der Waals surface area (Å²) in [7, 11) is 0. The van der Waals surface area contributed by atoms with Gasteiger partial charge in [-0.05, 0) is 29.2 Å². The van der Waals surface area contributed by atoms with Gasteiger partial charge in [-0.3, -0.25) is 0 Å². The van der Waals surface area contributed by atoms with Crippen molar-refractivity contribution in [3.05, 3.63) is 76.3 Å². The number of aliphatic hydroxyl groups excluding tert-OH is 1. The number of unbranched alkanes of at least 4 members (excludes halogenated alkanes) is 1. The average Bonchev–Trinajstić information content (AvgIpc) is 3.01. The Morgan fingerprint density at radius 2 is 1.86 bits per heavy atom. The van der Waals surface area contributed by atoms with Crippen molar-refractivity contribution in [2.45, 2.75) is 39.3 Å². The SMILES string of the molecule is CCCCc1nc(Cl)c(CO)n1Cc1ccc(-c2ccccc2C(=O)O)cc1.[H-].[K+]. The number of rotatable bonds is 8. The molecule has 7 heteroatoms. The molecule has 0 saturated carbocycles. The van der Waals surface area contributed by atoms with Crippen LogP contribution in [0.3, 0.4) is 0 Å². The smallest absolute Gasteiger partial charge is 1.00 e. The Labute approximate surface area is 219 Å². The van der Waals surface area contributed by atoms with Crippen molar-refractivity contribution < 1.29 is 67.8 Å². The second-order valence-corrected chi connectivity index (χ2v) is 7.02. The van der Waals surface area contributed by atoms with Crippen LogP contribution in [-0.4, -0.2) is 25.7 Å². The fourth-order valence-electron chi connectivity index (χ4n) is 3.26. The van der Waals surface area contributed by atoms with E-state index in [4.69, 9.17) is 11.6 Å². The zero-order valence-electron chi connectivity index (χ0n) is 17.7. The first kappa shape index (κ1) is 24.3. The van der Waals surface area contributed by atoms with Gasteiger partial charge in [-0.25, -0.2) is 9.78 Å². The van der Waals surface area contributed by atoms with E-state index in [1.165, 1.54) is 0 Å². The molecule has 0 unspecified atom stereocenters. The summed E-state index contributed by atoms with van der Waals surface area (Å²) in [6.07, 6.45) is 2.86. The molecule has 0 aliphatic carbocycles. The Balaban J connectivity index is 0.00000225. The second-order valence-electron chi connectivity index (χ2n) is 6.66. The molecule has 3 aromatic rings. The van der Waals surface area contributed by atoms with Gasteiger partial charge >= 0.3 is 57.4 Å². The van der Waals surface area contributed by atoms with Gasteiger partial charge in [-0.15, -0.1) is 0 Å². The third kappa shape index (κ3) is 5.79. The molecule has 0 aliphatic heterocycles. The van der Waals surface area contributed by atoms with E-state index in [1.807, 2.05) is 34.9 Å². The van der Waals surface area contributed by atoms with Crippen LogP contribution in [-0.2, 0) is 19.6 Å². The fourth-order valence-corrected chi connectivity index (χ4v) is 3.52. The van der Waals surface area contributed by atoms with E-state index < -0.39 is 5.97 Å². The number of carbonyl (C=O) groups is 1. The summed E-state index contributed by atoms with van der Waals surface area (Å²) in [4.78, 5) is 15.9. The van der Waals surface area contributed by atoms with Crippen LogP contribution in [0.25, 0.3) is 11.1 Å². The maximum Gasteiger partial charge on any atom is 1.00 e. The van der Waals surface area contributed by atoms with Crippen LogP contribution < -0.4 is 51.4 Å². The van der Waals surface area contributed by atoms with Gasteiger partial charge in [0.05, 0.1) is 17.9 Å². The maximum absolute atomic E-state index is 11.5. The van der Waals surface area contributed by atoms with Gasteiger partial charge in [-0.2, -0.15) is 0 Å². The number of nitrogens with zero attached hydrogens (tertiary/aromatic N) is 2. The van der Waals surface area contributed by atoms with Gasteiger partial charge in [0.2, 0.25) is 0 Å². The summed E-state index contributed by atoms with van der Waals surface area (Å²) in [5, 5.41) is 19.4. The van der Waals surface area contributed by atoms with Gasteiger partial charge in [0.25, 0.3) is 0 Å². The number of aryl methyl sites for hydroxylation is 1. The number of hydrogen-bond donors (Lipinski definition) is 2. The largest absolute Gasteiger partial charge is 1.00 e.